The van der Waals surface area contributed by atoms with Gasteiger partial charge < -0.3 is 10.6 Å². The fourth-order valence-corrected chi connectivity index (χ4v) is 0.987. The van der Waals surface area contributed by atoms with Gasteiger partial charge in [-0.25, -0.2) is 0 Å². The van der Waals surface area contributed by atoms with E-state index in [1.54, 1.807) is 6.92 Å². The number of nitrogens with one attached hydrogen (secondary N) is 2. The molecule has 0 bridgehead atoms. The van der Waals surface area contributed by atoms with Crippen molar-refractivity contribution in [2.24, 2.45) is 0 Å². The number of hydrogen-bond acceptors (Lipinski definition) is 3. The van der Waals surface area contributed by atoms with Crippen molar-refractivity contribution in [2.75, 3.05) is 6.54 Å². The molecule has 2 N–H and O–H groups in total. The second kappa shape index (κ2) is 7.56. The Bertz CT molecular complexity index is 219. The van der Waals surface area contributed by atoms with E-state index in [2.05, 4.69) is 23.3 Å². The molecule has 2 unspecified atom stereocenters. The number of amides is 2. The quantitative estimate of drug-likeness (QED) is 0.591. The summed E-state index contributed by atoms with van der Waals surface area (Å²) in [6.07, 6.45) is 1.22. The fraction of sp³-hybridized carbons (Fsp3) is 0.800. The Kier molecular flexibility index (Phi) is 7.21. The van der Waals surface area contributed by atoms with Crippen LogP contribution in [0.5, 0.6) is 0 Å². The van der Waals surface area contributed by atoms with Gasteiger partial charge in [-0.05, 0) is 20.3 Å². The van der Waals surface area contributed by atoms with Crippen LogP contribution in [0.15, 0.2) is 0 Å². The number of carbonyl (C=O) groups is 2. The highest BCUT2D eigenvalue weighted by atomic mass is 32.1. The van der Waals surface area contributed by atoms with Crippen molar-refractivity contribution < 1.29 is 9.59 Å². The molecule has 0 saturated heterocycles. The fourth-order valence-electron chi connectivity index (χ4n) is 0.896. The van der Waals surface area contributed by atoms with Crippen LogP contribution >= 0.6 is 12.6 Å². The number of carbonyl (C=O) groups excluding carboxylic acids is 2. The molecule has 0 aromatic carbocycles. The van der Waals surface area contributed by atoms with Crippen LogP contribution in [0.25, 0.3) is 0 Å². The maximum atomic E-state index is 11.3. The molecule has 0 heterocycles. The zero-order valence-electron chi connectivity index (χ0n) is 9.54. The Morgan fingerprint density at radius 2 is 1.93 bits per heavy atom. The molecule has 2 amide bonds. The predicted molar refractivity (Wildman–Crippen MR) is 64.0 cm³/mol. The second-order valence-electron chi connectivity index (χ2n) is 3.59. The van der Waals surface area contributed by atoms with Crippen LogP contribution in [0, 0.1) is 0 Å². The van der Waals surface area contributed by atoms with Crippen LogP contribution in [0.1, 0.15) is 33.6 Å². The molecule has 0 fully saturated rings. The summed E-state index contributed by atoms with van der Waals surface area (Å²) in [6, 6.07) is 0.192. The molecule has 0 spiro atoms. The maximum absolute atomic E-state index is 11.3. The minimum atomic E-state index is -0.331. The Hall–Kier alpha value is -0.710. The second-order valence-corrected chi connectivity index (χ2v) is 4.37. The van der Waals surface area contributed by atoms with Gasteiger partial charge in [0.15, 0.2) is 0 Å². The standard InChI is InChI=1S/C10H20N2O2S/c1-4-7(2)12-9(13)5-6-11-10(14)8(3)15/h7-8,15H,4-6H2,1-3H3,(H,11,14)(H,12,13). The normalized spacial score (nSPS) is 14.1. The SMILES string of the molecule is CCC(C)NC(=O)CCNC(=O)C(C)S. The highest BCUT2D eigenvalue weighted by Crippen LogP contribution is 1.92. The van der Waals surface area contributed by atoms with Crippen LogP contribution in [-0.4, -0.2) is 29.7 Å². The first-order valence-electron chi connectivity index (χ1n) is 5.22. The van der Waals surface area contributed by atoms with Gasteiger partial charge in [0.2, 0.25) is 11.8 Å². The number of thiol groups is 1. The van der Waals surface area contributed by atoms with Gasteiger partial charge in [0, 0.05) is 19.0 Å². The lowest BCUT2D eigenvalue weighted by molar-refractivity contribution is -0.122. The van der Waals surface area contributed by atoms with E-state index < -0.39 is 0 Å². The van der Waals surface area contributed by atoms with Crippen LogP contribution < -0.4 is 10.6 Å². The molecule has 0 radical (unpaired) electrons. The van der Waals surface area contributed by atoms with Gasteiger partial charge in [0.1, 0.15) is 0 Å². The first kappa shape index (κ1) is 14.3. The molecule has 0 saturated carbocycles. The summed E-state index contributed by atoms with van der Waals surface area (Å²) in [5, 5.41) is 5.12. The third-order valence-electron chi connectivity index (χ3n) is 2.05. The van der Waals surface area contributed by atoms with E-state index >= 15 is 0 Å². The van der Waals surface area contributed by atoms with Crippen molar-refractivity contribution in [1.29, 1.82) is 0 Å². The van der Waals surface area contributed by atoms with Crippen molar-refractivity contribution in [2.45, 2.75) is 44.9 Å². The first-order chi connectivity index (χ1) is 6.97. The van der Waals surface area contributed by atoms with Gasteiger partial charge in [0.25, 0.3) is 0 Å². The minimum absolute atomic E-state index is 0.0310. The van der Waals surface area contributed by atoms with Crippen molar-refractivity contribution in [3.63, 3.8) is 0 Å². The summed E-state index contributed by atoms with van der Waals surface area (Å²) in [7, 11) is 0. The van der Waals surface area contributed by atoms with Crippen LogP contribution in [0.4, 0.5) is 0 Å². The summed E-state index contributed by atoms with van der Waals surface area (Å²) in [5.41, 5.74) is 0. The average Bonchev–Trinajstić information content (AvgIpc) is 2.17. The summed E-state index contributed by atoms with van der Waals surface area (Å²) in [5.74, 6) is -0.175. The molecule has 0 aliphatic rings. The largest absolute Gasteiger partial charge is 0.355 e. The average molecular weight is 232 g/mol. The zero-order valence-corrected chi connectivity index (χ0v) is 10.4. The Morgan fingerprint density at radius 1 is 1.33 bits per heavy atom. The monoisotopic (exact) mass is 232 g/mol. The van der Waals surface area contributed by atoms with Crippen LogP contribution in [0.2, 0.25) is 0 Å². The Labute approximate surface area is 96.6 Å². The van der Waals surface area contributed by atoms with Crippen LogP contribution in [0.3, 0.4) is 0 Å². The summed E-state index contributed by atoms with van der Waals surface area (Å²) in [4.78, 5) is 22.4. The molecule has 88 valence electrons. The predicted octanol–water partition coefficient (Wildman–Crippen LogP) is 0.726. The highest BCUT2D eigenvalue weighted by molar-refractivity contribution is 7.81. The summed E-state index contributed by atoms with van der Waals surface area (Å²) in [6.45, 7) is 6.02. The lowest BCUT2D eigenvalue weighted by atomic mass is 10.2. The number of hydrogen-bond donors (Lipinski definition) is 3. The first-order valence-corrected chi connectivity index (χ1v) is 5.74. The molecule has 15 heavy (non-hydrogen) atoms. The van der Waals surface area contributed by atoms with E-state index in [4.69, 9.17) is 0 Å². The lowest BCUT2D eigenvalue weighted by Crippen LogP contribution is -2.36. The smallest absolute Gasteiger partial charge is 0.232 e. The van der Waals surface area contributed by atoms with E-state index in [1.165, 1.54) is 0 Å². The van der Waals surface area contributed by atoms with Gasteiger partial charge in [-0.3, -0.25) is 9.59 Å². The molecule has 0 aliphatic carbocycles. The third kappa shape index (κ3) is 7.25. The summed E-state index contributed by atoms with van der Waals surface area (Å²) >= 11 is 3.98. The molecular formula is C10H20N2O2S. The minimum Gasteiger partial charge on any atom is -0.355 e. The van der Waals surface area contributed by atoms with Crippen LogP contribution in [-0.2, 0) is 9.59 Å². The Morgan fingerprint density at radius 3 is 2.40 bits per heavy atom. The summed E-state index contributed by atoms with van der Waals surface area (Å²) < 4.78 is 0. The lowest BCUT2D eigenvalue weighted by Gasteiger charge is -2.11. The van der Waals surface area contributed by atoms with Crippen molar-refractivity contribution in [3.05, 3.63) is 0 Å². The maximum Gasteiger partial charge on any atom is 0.232 e. The number of rotatable bonds is 6. The van der Waals surface area contributed by atoms with Gasteiger partial charge in [-0.15, -0.1) is 0 Å². The molecule has 0 aromatic rings. The van der Waals surface area contributed by atoms with Crippen molar-refractivity contribution >= 4 is 24.4 Å². The van der Waals surface area contributed by atoms with Gasteiger partial charge >= 0.3 is 0 Å². The third-order valence-corrected chi connectivity index (χ3v) is 2.29. The van der Waals surface area contributed by atoms with E-state index in [-0.39, 0.29) is 23.1 Å². The zero-order chi connectivity index (χ0) is 11.8. The Balaban J connectivity index is 3.60. The van der Waals surface area contributed by atoms with Crippen molar-refractivity contribution in [3.8, 4) is 0 Å². The molecule has 5 heteroatoms. The van der Waals surface area contributed by atoms with E-state index in [0.29, 0.717) is 13.0 Å². The molecule has 4 nitrogen and oxygen atoms in total. The molecule has 2 atom stereocenters. The van der Waals surface area contributed by atoms with Gasteiger partial charge in [-0.1, -0.05) is 6.92 Å². The molecule has 0 aliphatic heterocycles. The molecule has 0 aromatic heterocycles. The molecular weight excluding hydrogens is 212 g/mol. The molecule has 0 rings (SSSR count). The van der Waals surface area contributed by atoms with Gasteiger partial charge in [0.05, 0.1) is 5.25 Å². The van der Waals surface area contributed by atoms with Crippen molar-refractivity contribution in [1.82, 2.24) is 10.6 Å². The van der Waals surface area contributed by atoms with E-state index in [9.17, 15) is 9.59 Å². The van der Waals surface area contributed by atoms with E-state index in [1.807, 2.05) is 13.8 Å². The van der Waals surface area contributed by atoms with Gasteiger partial charge in [-0.2, -0.15) is 12.6 Å². The van der Waals surface area contributed by atoms with E-state index in [0.717, 1.165) is 6.42 Å². The highest BCUT2D eigenvalue weighted by Gasteiger charge is 2.08. The topological polar surface area (TPSA) is 58.2 Å².